The molecule has 6 nitrogen and oxygen atoms in total. The molecule has 0 bridgehead atoms. The first-order chi connectivity index (χ1) is 11.6. The number of esters is 1. The number of carbonyl (C=O) groups excluding carboxylic acids is 3. The zero-order chi connectivity index (χ0) is 17.4. The minimum absolute atomic E-state index is 0.144. The van der Waals surface area contributed by atoms with Gasteiger partial charge in [0.1, 0.15) is 0 Å². The minimum Gasteiger partial charge on any atom is -0.452 e. The summed E-state index contributed by atoms with van der Waals surface area (Å²) in [5.41, 5.74) is 0.358. The van der Waals surface area contributed by atoms with Crippen LogP contribution in [-0.2, 0) is 19.1 Å². The molecule has 0 unspecified atom stereocenters. The Bertz CT molecular complexity index is 720. The van der Waals surface area contributed by atoms with E-state index in [1.54, 1.807) is 19.1 Å². The zero-order valence-corrected chi connectivity index (χ0v) is 14.4. The van der Waals surface area contributed by atoms with Gasteiger partial charge in [-0.25, -0.2) is 9.59 Å². The summed E-state index contributed by atoms with van der Waals surface area (Å²) >= 11 is 2.88. The van der Waals surface area contributed by atoms with Crippen molar-refractivity contribution in [2.24, 2.45) is 0 Å². The van der Waals surface area contributed by atoms with Crippen LogP contribution in [0.3, 0.4) is 0 Å². The van der Waals surface area contributed by atoms with Gasteiger partial charge in [-0.15, -0.1) is 22.7 Å². The van der Waals surface area contributed by atoms with Gasteiger partial charge in [-0.3, -0.25) is 10.1 Å². The molecule has 0 aliphatic heterocycles. The van der Waals surface area contributed by atoms with Crippen molar-refractivity contribution in [3.8, 4) is 0 Å². The van der Waals surface area contributed by atoms with E-state index in [0.717, 1.165) is 9.75 Å². The molecule has 0 aromatic carbocycles. The molecule has 24 heavy (non-hydrogen) atoms. The van der Waals surface area contributed by atoms with E-state index in [1.165, 1.54) is 22.7 Å². The number of hydrogen-bond donors (Lipinski definition) is 1. The second kappa shape index (κ2) is 8.99. The highest BCUT2D eigenvalue weighted by molar-refractivity contribution is 7.12. The summed E-state index contributed by atoms with van der Waals surface area (Å²) in [6.07, 6.45) is 0.841. The first-order valence-corrected chi connectivity index (χ1v) is 8.79. The summed E-state index contributed by atoms with van der Waals surface area (Å²) < 4.78 is 9.58. The molecule has 2 aromatic heterocycles. The molecular formula is C16H15NO5S2. The van der Waals surface area contributed by atoms with Crippen LogP contribution in [0.25, 0.3) is 11.6 Å². The molecule has 0 saturated carbocycles. The van der Waals surface area contributed by atoms with Gasteiger partial charge in [0.15, 0.2) is 6.61 Å². The highest BCUT2D eigenvalue weighted by Gasteiger charge is 2.17. The molecule has 0 saturated heterocycles. The summed E-state index contributed by atoms with van der Waals surface area (Å²) in [6.45, 7) is 1.20. The summed E-state index contributed by atoms with van der Waals surface area (Å²) in [5, 5.41) is 5.71. The van der Waals surface area contributed by atoms with Gasteiger partial charge in [-0.1, -0.05) is 12.1 Å². The number of imide groups is 1. The molecule has 0 aliphatic carbocycles. The van der Waals surface area contributed by atoms with Gasteiger partial charge >= 0.3 is 12.1 Å². The molecule has 0 spiro atoms. The molecule has 2 amide bonds. The number of ether oxygens (including phenoxy) is 2. The van der Waals surface area contributed by atoms with Crippen LogP contribution in [0.4, 0.5) is 4.79 Å². The van der Waals surface area contributed by atoms with Crippen LogP contribution in [0.15, 0.2) is 35.0 Å². The zero-order valence-electron chi connectivity index (χ0n) is 12.8. The summed E-state index contributed by atoms with van der Waals surface area (Å²) in [5.74, 6) is -1.38. The second-order valence-corrected chi connectivity index (χ2v) is 6.32. The SMILES string of the molecule is CCOC(=O)NC(=O)COC(=O)/C(=C/c1cccs1)c1cccs1. The van der Waals surface area contributed by atoms with Crippen LogP contribution < -0.4 is 5.32 Å². The molecule has 2 rings (SSSR count). The number of alkyl carbamates (subject to hydrolysis) is 1. The van der Waals surface area contributed by atoms with Gasteiger partial charge < -0.3 is 9.47 Å². The standard InChI is InChI=1S/C16H15NO5S2/c1-2-21-16(20)17-14(18)10-22-15(19)12(13-6-4-8-24-13)9-11-5-3-7-23-11/h3-9H,2,10H2,1H3,(H,17,18,20)/b12-9+. The maximum Gasteiger partial charge on any atom is 0.413 e. The van der Waals surface area contributed by atoms with Gasteiger partial charge in [0, 0.05) is 9.75 Å². The molecule has 8 heteroatoms. The summed E-state index contributed by atoms with van der Waals surface area (Å²) in [7, 11) is 0. The van der Waals surface area contributed by atoms with Crippen molar-refractivity contribution in [1.82, 2.24) is 5.32 Å². The lowest BCUT2D eigenvalue weighted by molar-refractivity contribution is -0.142. The van der Waals surface area contributed by atoms with Gasteiger partial charge in [0.2, 0.25) is 0 Å². The molecule has 2 heterocycles. The van der Waals surface area contributed by atoms with Crippen molar-refractivity contribution in [1.29, 1.82) is 0 Å². The monoisotopic (exact) mass is 365 g/mol. The van der Waals surface area contributed by atoms with Crippen molar-refractivity contribution in [3.63, 3.8) is 0 Å². The van der Waals surface area contributed by atoms with Crippen LogP contribution in [0.5, 0.6) is 0 Å². The molecular weight excluding hydrogens is 350 g/mol. The normalized spacial score (nSPS) is 11.0. The third-order valence-electron chi connectivity index (χ3n) is 2.69. The minimum atomic E-state index is -0.869. The average Bonchev–Trinajstić information content (AvgIpc) is 3.23. The molecule has 0 radical (unpaired) electrons. The van der Waals surface area contributed by atoms with Crippen LogP contribution in [0.2, 0.25) is 0 Å². The van der Waals surface area contributed by atoms with E-state index >= 15 is 0 Å². The Kier molecular flexibility index (Phi) is 6.71. The Morgan fingerprint density at radius 3 is 2.50 bits per heavy atom. The fourth-order valence-corrected chi connectivity index (χ4v) is 3.09. The van der Waals surface area contributed by atoms with Crippen molar-refractivity contribution in [3.05, 3.63) is 44.8 Å². The van der Waals surface area contributed by atoms with Gasteiger partial charge in [0.05, 0.1) is 12.2 Å². The smallest absolute Gasteiger partial charge is 0.413 e. The van der Waals surface area contributed by atoms with Crippen molar-refractivity contribution >= 4 is 52.3 Å². The number of amides is 2. The number of rotatable bonds is 6. The van der Waals surface area contributed by atoms with E-state index in [4.69, 9.17) is 4.74 Å². The maximum absolute atomic E-state index is 12.3. The predicted molar refractivity (Wildman–Crippen MR) is 92.6 cm³/mol. The van der Waals surface area contributed by atoms with Crippen molar-refractivity contribution < 1.29 is 23.9 Å². The van der Waals surface area contributed by atoms with E-state index in [0.29, 0.717) is 5.57 Å². The lowest BCUT2D eigenvalue weighted by Gasteiger charge is -2.07. The second-order valence-electron chi connectivity index (χ2n) is 4.40. The van der Waals surface area contributed by atoms with Gasteiger partial charge in [-0.2, -0.15) is 0 Å². The Labute approximate surface area is 146 Å². The molecule has 1 N–H and O–H groups in total. The topological polar surface area (TPSA) is 81.7 Å². The summed E-state index contributed by atoms with van der Waals surface area (Å²) in [6, 6.07) is 7.37. The molecule has 0 atom stereocenters. The lowest BCUT2D eigenvalue weighted by atomic mass is 10.2. The Hall–Kier alpha value is -2.45. The van der Waals surface area contributed by atoms with Crippen molar-refractivity contribution in [2.45, 2.75) is 6.92 Å². The average molecular weight is 365 g/mol. The third-order valence-corrected chi connectivity index (χ3v) is 4.41. The van der Waals surface area contributed by atoms with E-state index in [2.05, 4.69) is 4.74 Å². The molecule has 0 fully saturated rings. The highest BCUT2D eigenvalue weighted by Crippen LogP contribution is 2.25. The first-order valence-electron chi connectivity index (χ1n) is 7.03. The fraction of sp³-hybridized carbons (Fsp3) is 0.188. The molecule has 126 valence electrons. The van der Waals surface area contributed by atoms with Crippen LogP contribution in [0, 0.1) is 0 Å². The van der Waals surface area contributed by atoms with Gasteiger partial charge in [0.25, 0.3) is 5.91 Å². The number of carbonyl (C=O) groups is 3. The highest BCUT2D eigenvalue weighted by atomic mass is 32.1. The predicted octanol–water partition coefficient (Wildman–Crippen LogP) is 3.17. The molecule has 2 aromatic rings. The lowest BCUT2D eigenvalue weighted by Crippen LogP contribution is -2.34. The largest absolute Gasteiger partial charge is 0.452 e. The first kappa shape index (κ1) is 17.9. The van der Waals surface area contributed by atoms with Crippen LogP contribution in [-0.4, -0.2) is 31.2 Å². The molecule has 0 aliphatic rings. The number of thiophene rings is 2. The quantitative estimate of drug-likeness (QED) is 0.628. The number of nitrogens with one attached hydrogen (secondary N) is 1. The van der Waals surface area contributed by atoms with Gasteiger partial charge in [-0.05, 0) is 35.9 Å². The Morgan fingerprint density at radius 1 is 1.12 bits per heavy atom. The maximum atomic E-state index is 12.3. The Morgan fingerprint density at radius 2 is 1.88 bits per heavy atom. The van der Waals surface area contributed by atoms with E-state index < -0.39 is 24.6 Å². The number of hydrogen-bond acceptors (Lipinski definition) is 7. The summed E-state index contributed by atoms with van der Waals surface area (Å²) in [4.78, 5) is 36.6. The van der Waals surface area contributed by atoms with Crippen LogP contribution >= 0.6 is 22.7 Å². The van der Waals surface area contributed by atoms with E-state index in [1.807, 2.05) is 34.3 Å². The van der Waals surface area contributed by atoms with Crippen molar-refractivity contribution in [2.75, 3.05) is 13.2 Å². The van der Waals surface area contributed by atoms with E-state index in [-0.39, 0.29) is 6.61 Å². The Balaban J connectivity index is 2.01. The van der Waals surface area contributed by atoms with E-state index in [9.17, 15) is 14.4 Å². The fourth-order valence-electron chi connectivity index (χ4n) is 1.70. The van der Waals surface area contributed by atoms with Crippen LogP contribution in [0.1, 0.15) is 16.7 Å². The third kappa shape index (κ3) is 5.32.